The quantitative estimate of drug-likeness (QED) is 0.545. The first kappa shape index (κ1) is 11.9. The summed E-state index contributed by atoms with van der Waals surface area (Å²) in [5, 5.41) is 3.27. The summed E-state index contributed by atoms with van der Waals surface area (Å²) in [7, 11) is 0. The minimum absolute atomic E-state index is 0.696. The van der Waals surface area contributed by atoms with E-state index in [2.05, 4.69) is 10.3 Å². The van der Waals surface area contributed by atoms with Gasteiger partial charge in [-0.15, -0.1) is 0 Å². The largest absolute Gasteiger partial charge is 0.376 e. The highest BCUT2D eigenvalue weighted by molar-refractivity contribution is 5.02. The predicted molar refractivity (Wildman–Crippen MR) is 61.6 cm³/mol. The van der Waals surface area contributed by atoms with Gasteiger partial charge in [-0.05, 0) is 19.1 Å². The molecule has 0 fully saturated rings. The highest BCUT2D eigenvalue weighted by Crippen LogP contribution is 1.91. The Hall–Kier alpha value is -1.19. The molecule has 0 amide bonds. The average Bonchev–Trinajstić information content (AvgIpc) is 2.29. The van der Waals surface area contributed by atoms with Gasteiger partial charge in [-0.1, -0.05) is 18.2 Å². The van der Waals surface area contributed by atoms with Crippen LogP contribution in [-0.2, 0) is 11.3 Å². The molecule has 3 heteroatoms. The molecule has 1 aromatic heterocycles. The molecule has 1 rings (SSSR count). The number of pyridine rings is 1. The Kier molecular flexibility index (Phi) is 6.45. The third-order valence-corrected chi connectivity index (χ3v) is 1.91. The Bertz CT molecular complexity index is 272. The molecule has 0 bridgehead atoms. The van der Waals surface area contributed by atoms with Crippen LogP contribution in [-0.4, -0.2) is 24.7 Å². The average molecular weight is 206 g/mol. The van der Waals surface area contributed by atoms with Gasteiger partial charge in [0.15, 0.2) is 0 Å². The van der Waals surface area contributed by atoms with Crippen LogP contribution in [0.5, 0.6) is 0 Å². The van der Waals surface area contributed by atoms with Crippen LogP contribution in [0.15, 0.2) is 36.5 Å². The molecule has 1 N–H and O–H groups in total. The normalized spacial score (nSPS) is 11.0. The second kappa shape index (κ2) is 8.15. The molecule has 1 heterocycles. The van der Waals surface area contributed by atoms with Crippen molar-refractivity contribution < 1.29 is 4.74 Å². The molecule has 0 unspecified atom stereocenters. The zero-order valence-electron chi connectivity index (χ0n) is 9.15. The molecule has 3 nitrogen and oxygen atoms in total. The molecule has 0 atom stereocenters. The van der Waals surface area contributed by atoms with Gasteiger partial charge in [0, 0.05) is 19.3 Å². The highest BCUT2D eigenvalue weighted by Gasteiger charge is 1.91. The van der Waals surface area contributed by atoms with Crippen LogP contribution in [0.25, 0.3) is 0 Å². The molecule has 0 saturated heterocycles. The van der Waals surface area contributed by atoms with Crippen LogP contribution < -0.4 is 5.32 Å². The standard InChI is InChI=1S/C12H18N2O/c1-2-3-9-15-10-8-13-11-12-6-4-5-7-14-12/h2-7,13H,8-11H2,1H3. The van der Waals surface area contributed by atoms with E-state index in [1.165, 1.54) is 0 Å². The van der Waals surface area contributed by atoms with Gasteiger partial charge in [-0.3, -0.25) is 4.98 Å². The summed E-state index contributed by atoms with van der Waals surface area (Å²) in [6.07, 6.45) is 5.79. The molecule has 0 aliphatic heterocycles. The monoisotopic (exact) mass is 206 g/mol. The molecule has 0 saturated carbocycles. The van der Waals surface area contributed by atoms with E-state index in [0.717, 1.165) is 25.4 Å². The van der Waals surface area contributed by atoms with Crippen molar-refractivity contribution in [1.82, 2.24) is 10.3 Å². The summed E-state index contributed by atoms with van der Waals surface area (Å²) >= 11 is 0. The predicted octanol–water partition coefficient (Wildman–Crippen LogP) is 1.76. The van der Waals surface area contributed by atoms with Gasteiger partial charge >= 0.3 is 0 Å². The summed E-state index contributed by atoms with van der Waals surface area (Å²) in [5.74, 6) is 0. The fraction of sp³-hybridized carbons (Fsp3) is 0.417. The fourth-order valence-corrected chi connectivity index (χ4v) is 1.11. The van der Waals surface area contributed by atoms with Crippen molar-refractivity contribution in [3.8, 4) is 0 Å². The number of nitrogens with one attached hydrogen (secondary N) is 1. The smallest absolute Gasteiger partial charge is 0.0647 e. The molecule has 82 valence electrons. The number of hydrogen-bond donors (Lipinski definition) is 1. The maximum atomic E-state index is 5.34. The van der Waals surface area contributed by atoms with Crippen molar-refractivity contribution in [3.05, 3.63) is 42.2 Å². The van der Waals surface area contributed by atoms with Crippen molar-refractivity contribution in [3.63, 3.8) is 0 Å². The number of nitrogens with zero attached hydrogens (tertiary/aromatic N) is 1. The first-order valence-corrected chi connectivity index (χ1v) is 5.23. The maximum absolute atomic E-state index is 5.34. The Labute approximate surface area is 91.2 Å². The number of ether oxygens (including phenoxy) is 1. The minimum atomic E-state index is 0.696. The Morgan fingerprint density at radius 1 is 1.47 bits per heavy atom. The molecule has 15 heavy (non-hydrogen) atoms. The van der Waals surface area contributed by atoms with Crippen LogP contribution in [0.1, 0.15) is 12.6 Å². The third-order valence-electron chi connectivity index (χ3n) is 1.91. The lowest BCUT2D eigenvalue weighted by Gasteiger charge is -2.03. The minimum Gasteiger partial charge on any atom is -0.376 e. The fourth-order valence-electron chi connectivity index (χ4n) is 1.11. The first-order valence-electron chi connectivity index (χ1n) is 5.23. The number of rotatable bonds is 7. The second-order valence-electron chi connectivity index (χ2n) is 3.14. The highest BCUT2D eigenvalue weighted by atomic mass is 16.5. The second-order valence-corrected chi connectivity index (χ2v) is 3.14. The van der Waals surface area contributed by atoms with E-state index in [4.69, 9.17) is 4.74 Å². The van der Waals surface area contributed by atoms with Crippen LogP contribution >= 0.6 is 0 Å². The van der Waals surface area contributed by atoms with Gasteiger partial charge in [0.05, 0.1) is 18.9 Å². The van der Waals surface area contributed by atoms with Crippen molar-refractivity contribution in [2.45, 2.75) is 13.5 Å². The zero-order valence-corrected chi connectivity index (χ0v) is 9.15. The van der Waals surface area contributed by atoms with Gasteiger partial charge in [-0.25, -0.2) is 0 Å². The Morgan fingerprint density at radius 3 is 3.13 bits per heavy atom. The lowest BCUT2D eigenvalue weighted by Crippen LogP contribution is -2.19. The summed E-state index contributed by atoms with van der Waals surface area (Å²) in [6.45, 7) is 5.07. The van der Waals surface area contributed by atoms with E-state index in [1.807, 2.05) is 37.3 Å². The van der Waals surface area contributed by atoms with Gasteiger partial charge in [-0.2, -0.15) is 0 Å². The first-order chi connectivity index (χ1) is 7.43. The van der Waals surface area contributed by atoms with E-state index in [9.17, 15) is 0 Å². The molecular formula is C12H18N2O. The SMILES string of the molecule is CC=CCOCCNCc1ccccn1. The summed E-state index contributed by atoms with van der Waals surface area (Å²) in [6, 6.07) is 5.92. The van der Waals surface area contributed by atoms with Gasteiger partial charge in [0.25, 0.3) is 0 Å². The van der Waals surface area contributed by atoms with Crippen molar-refractivity contribution >= 4 is 0 Å². The van der Waals surface area contributed by atoms with Crippen LogP contribution in [0, 0.1) is 0 Å². The number of hydrogen-bond acceptors (Lipinski definition) is 3. The molecule has 0 aliphatic rings. The van der Waals surface area contributed by atoms with E-state index in [-0.39, 0.29) is 0 Å². The maximum Gasteiger partial charge on any atom is 0.0647 e. The molecule has 0 aliphatic carbocycles. The van der Waals surface area contributed by atoms with Gasteiger partial charge in [0.2, 0.25) is 0 Å². The summed E-state index contributed by atoms with van der Waals surface area (Å²) in [5.41, 5.74) is 1.06. The zero-order chi connectivity index (χ0) is 10.8. The van der Waals surface area contributed by atoms with E-state index < -0.39 is 0 Å². The van der Waals surface area contributed by atoms with Crippen LogP contribution in [0.2, 0.25) is 0 Å². The Balaban J connectivity index is 1.98. The van der Waals surface area contributed by atoms with Crippen LogP contribution in [0.4, 0.5) is 0 Å². The lowest BCUT2D eigenvalue weighted by molar-refractivity contribution is 0.163. The topological polar surface area (TPSA) is 34.1 Å². The van der Waals surface area contributed by atoms with Gasteiger partial charge < -0.3 is 10.1 Å². The van der Waals surface area contributed by atoms with Gasteiger partial charge in [0.1, 0.15) is 0 Å². The molecule has 0 radical (unpaired) electrons. The summed E-state index contributed by atoms with van der Waals surface area (Å²) in [4.78, 5) is 4.21. The molecular weight excluding hydrogens is 188 g/mol. The third kappa shape index (κ3) is 5.99. The van der Waals surface area contributed by atoms with E-state index >= 15 is 0 Å². The van der Waals surface area contributed by atoms with E-state index in [0.29, 0.717) is 6.61 Å². The number of allylic oxidation sites excluding steroid dienone is 1. The van der Waals surface area contributed by atoms with Crippen LogP contribution in [0.3, 0.4) is 0 Å². The molecule has 0 spiro atoms. The Morgan fingerprint density at radius 2 is 2.40 bits per heavy atom. The van der Waals surface area contributed by atoms with Crippen molar-refractivity contribution in [2.24, 2.45) is 0 Å². The molecule has 0 aromatic carbocycles. The molecule has 1 aromatic rings. The number of aromatic nitrogens is 1. The summed E-state index contributed by atoms with van der Waals surface area (Å²) < 4.78 is 5.34. The van der Waals surface area contributed by atoms with Crippen molar-refractivity contribution in [1.29, 1.82) is 0 Å². The van der Waals surface area contributed by atoms with E-state index in [1.54, 1.807) is 6.20 Å². The lowest BCUT2D eigenvalue weighted by atomic mass is 10.3. The van der Waals surface area contributed by atoms with Crippen molar-refractivity contribution in [2.75, 3.05) is 19.8 Å².